The van der Waals surface area contributed by atoms with E-state index < -0.39 is 0 Å². The van der Waals surface area contributed by atoms with Gasteiger partial charge in [0.25, 0.3) is 0 Å². The van der Waals surface area contributed by atoms with E-state index in [1.807, 2.05) is 20.8 Å². The molecule has 1 atom stereocenters. The van der Waals surface area contributed by atoms with Crippen LogP contribution in [0.2, 0.25) is 0 Å². The van der Waals surface area contributed by atoms with Gasteiger partial charge in [0.15, 0.2) is 0 Å². The molecule has 3 N–H and O–H groups in total. The number of hydrogen-bond donors (Lipinski definition) is 2. The minimum absolute atomic E-state index is 0. The fraction of sp³-hybridized carbons (Fsp3) is 0.929. The van der Waals surface area contributed by atoms with Crippen molar-refractivity contribution < 1.29 is 4.79 Å². The van der Waals surface area contributed by atoms with Gasteiger partial charge in [-0.3, -0.25) is 4.79 Å². The molecule has 1 rings (SSSR count). The molecule has 0 aliphatic heterocycles. The first-order valence-corrected chi connectivity index (χ1v) is 6.95. The number of carbonyl (C=O) groups is 1. The topological polar surface area (TPSA) is 55.1 Å². The third-order valence-electron chi connectivity index (χ3n) is 3.58. The Labute approximate surface area is 118 Å². The molecular formula is C14H29ClN2O. The van der Waals surface area contributed by atoms with E-state index in [2.05, 4.69) is 5.32 Å². The quantitative estimate of drug-likeness (QED) is 0.811. The van der Waals surface area contributed by atoms with Crippen LogP contribution in [0.3, 0.4) is 0 Å². The fourth-order valence-electron chi connectivity index (χ4n) is 2.52. The molecule has 1 unspecified atom stereocenters. The number of nitrogens with two attached hydrogens (primary N) is 1. The van der Waals surface area contributed by atoms with Gasteiger partial charge in [-0.2, -0.15) is 0 Å². The van der Waals surface area contributed by atoms with Crippen molar-refractivity contribution in [2.75, 3.05) is 6.54 Å². The van der Waals surface area contributed by atoms with Crippen molar-refractivity contribution in [1.82, 2.24) is 5.32 Å². The van der Waals surface area contributed by atoms with Crippen LogP contribution in [0.1, 0.15) is 59.3 Å². The van der Waals surface area contributed by atoms with Gasteiger partial charge in [-0.05, 0) is 26.2 Å². The lowest BCUT2D eigenvalue weighted by atomic mass is 9.83. The third-order valence-corrected chi connectivity index (χ3v) is 3.58. The standard InChI is InChI=1S/C14H28N2O.ClH/c1-11(9-12-7-5-4-6-8-12)13(17)16-10-14(2,3)15;/h11-12H,4-10,15H2,1-3H3,(H,16,17);1H. The number of hydrogen-bond acceptors (Lipinski definition) is 2. The summed E-state index contributed by atoms with van der Waals surface area (Å²) in [5.74, 6) is 1.05. The van der Waals surface area contributed by atoms with Gasteiger partial charge in [0.2, 0.25) is 5.91 Å². The third kappa shape index (κ3) is 7.22. The van der Waals surface area contributed by atoms with Crippen LogP contribution in [0.4, 0.5) is 0 Å². The lowest BCUT2D eigenvalue weighted by Gasteiger charge is -2.25. The molecule has 3 nitrogen and oxygen atoms in total. The van der Waals surface area contributed by atoms with Crippen molar-refractivity contribution in [3.05, 3.63) is 0 Å². The molecule has 108 valence electrons. The Morgan fingerprint density at radius 2 is 1.89 bits per heavy atom. The van der Waals surface area contributed by atoms with Crippen LogP contribution in [0.5, 0.6) is 0 Å². The predicted molar refractivity (Wildman–Crippen MR) is 78.9 cm³/mol. The van der Waals surface area contributed by atoms with E-state index in [-0.39, 0.29) is 29.8 Å². The van der Waals surface area contributed by atoms with Gasteiger partial charge in [-0.1, -0.05) is 39.0 Å². The van der Waals surface area contributed by atoms with Gasteiger partial charge in [0.05, 0.1) is 0 Å². The van der Waals surface area contributed by atoms with Crippen LogP contribution >= 0.6 is 12.4 Å². The minimum Gasteiger partial charge on any atom is -0.354 e. The molecule has 4 heteroatoms. The molecule has 1 aliphatic rings. The lowest BCUT2D eigenvalue weighted by molar-refractivity contribution is -0.125. The van der Waals surface area contributed by atoms with E-state index in [4.69, 9.17) is 5.73 Å². The van der Waals surface area contributed by atoms with E-state index in [1.54, 1.807) is 0 Å². The Morgan fingerprint density at radius 3 is 2.39 bits per heavy atom. The van der Waals surface area contributed by atoms with Crippen LogP contribution in [0.15, 0.2) is 0 Å². The first kappa shape index (κ1) is 17.7. The summed E-state index contributed by atoms with van der Waals surface area (Å²) in [6.07, 6.45) is 7.71. The molecular weight excluding hydrogens is 248 g/mol. The molecule has 18 heavy (non-hydrogen) atoms. The van der Waals surface area contributed by atoms with Crippen molar-refractivity contribution in [3.8, 4) is 0 Å². The Balaban J connectivity index is 0.00000289. The minimum atomic E-state index is -0.319. The van der Waals surface area contributed by atoms with Crippen LogP contribution < -0.4 is 11.1 Å². The monoisotopic (exact) mass is 276 g/mol. The van der Waals surface area contributed by atoms with Crippen LogP contribution in [-0.2, 0) is 4.79 Å². The normalized spacial score (nSPS) is 18.9. The molecule has 0 heterocycles. The SMILES string of the molecule is CC(CC1CCCCC1)C(=O)NCC(C)(C)N.Cl. The Morgan fingerprint density at radius 1 is 1.33 bits per heavy atom. The van der Waals surface area contributed by atoms with Gasteiger partial charge in [0.1, 0.15) is 0 Å². The van der Waals surface area contributed by atoms with E-state index in [0.717, 1.165) is 12.3 Å². The van der Waals surface area contributed by atoms with Crippen molar-refractivity contribution in [2.24, 2.45) is 17.6 Å². The highest BCUT2D eigenvalue weighted by molar-refractivity contribution is 5.85. The molecule has 1 aliphatic carbocycles. The Hall–Kier alpha value is -0.280. The number of halogens is 1. The van der Waals surface area contributed by atoms with Crippen LogP contribution in [0, 0.1) is 11.8 Å². The average Bonchev–Trinajstić information content (AvgIpc) is 2.26. The second kappa shape index (κ2) is 8.00. The van der Waals surface area contributed by atoms with E-state index in [1.165, 1.54) is 32.1 Å². The summed E-state index contributed by atoms with van der Waals surface area (Å²) in [7, 11) is 0. The van der Waals surface area contributed by atoms with E-state index in [0.29, 0.717) is 6.54 Å². The second-order valence-corrected chi connectivity index (χ2v) is 6.35. The molecule has 1 saturated carbocycles. The summed E-state index contributed by atoms with van der Waals surface area (Å²) in [5, 5.41) is 2.95. The van der Waals surface area contributed by atoms with Crippen molar-refractivity contribution in [3.63, 3.8) is 0 Å². The summed E-state index contributed by atoms with van der Waals surface area (Å²) in [6, 6.07) is 0. The Bertz CT molecular complexity index is 245. The molecule has 0 aromatic heterocycles. The number of carbonyl (C=O) groups excluding carboxylic acids is 1. The maximum atomic E-state index is 11.9. The summed E-state index contributed by atoms with van der Waals surface area (Å²) in [6.45, 7) is 6.45. The van der Waals surface area contributed by atoms with Crippen molar-refractivity contribution in [1.29, 1.82) is 0 Å². The summed E-state index contributed by atoms with van der Waals surface area (Å²) < 4.78 is 0. The fourth-order valence-corrected chi connectivity index (χ4v) is 2.52. The predicted octanol–water partition coefficient (Wildman–Crippen LogP) is 2.87. The van der Waals surface area contributed by atoms with Gasteiger partial charge in [-0.25, -0.2) is 0 Å². The van der Waals surface area contributed by atoms with Crippen molar-refractivity contribution >= 4 is 18.3 Å². The van der Waals surface area contributed by atoms with E-state index in [9.17, 15) is 4.79 Å². The zero-order valence-electron chi connectivity index (χ0n) is 12.0. The molecule has 0 aromatic carbocycles. The second-order valence-electron chi connectivity index (χ2n) is 6.35. The van der Waals surface area contributed by atoms with Gasteiger partial charge < -0.3 is 11.1 Å². The molecule has 0 saturated heterocycles. The van der Waals surface area contributed by atoms with Crippen molar-refractivity contribution in [2.45, 2.75) is 64.8 Å². The molecule has 0 spiro atoms. The molecule has 1 amide bonds. The smallest absolute Gasteiger partial charge is 0.222 e. The molecule has 1 fully saturated rings. The number of nitrogens with one attached hydrogen (secondary N) is 1. The van der Waals surface area contributed by atoms with Crippen LogP contribution in [-0.4, -0.2) is 18.0 Å². The highest BCUT2D eigenvalue weighted by Gasteiger charge is 2.21. The Kier molecular flexibility index (Phi) is 7.88. The first-order chi connectivity index (χ1) is 7.88. The molecule has 0 radical (unpaired) electrons. The highest BCUT2D eigenvalue weighted by Crippen LogP contribution is 2.28. The molecule has 0 aromatic rings. The largest absolute Gasteiger partial charge is 0.354 e. The number of rotatable bonds is 5. The van der Waals surface area contributed by atoms with Gasteiger partial charge >= 0.3 is 0 Å². The van der Waals surface area contributed by atoms with Gasteiger partial charge in [0, 0.05) is 18.0 Å². The number of amides is 1. The zero-order chi connectivity index (χ0) is 12.9. The first-order valence-electron chi connectivity index (χ1n) is 6.95. The van der Waals surface area contributed by atoms with Crippen LogP contribution in [0.25, 0.3) is 0 Å². The maximum Gasteiger partial charge on any atom is 0.222 e. The van der Waals surface area contributed by atoms with E-state index >= 15 is 0 Å². The summed E-state index contributed by atoms with van der Waals surface area (Å²) in [4.78, 5) is 11.9. The molecule has 0 bridgehead atoms. The lowest BCUT2D eigenvalue weighted by Crippen LogP contribution is -2.46. The highest BCUT2D eigenvalue weighted by atomic mass is 35.5. The zero-order valence-corrected chi connectivity index (χ0v) is 12.8. The summed E-state index contributed by atoms with van der Waals surface area (Å²) in [5.41, 5.74) is 5.53. The average molecular weight is 277 g/mol. The van der Waals surface area contributed by atoms with Gasteiger partial charge in [-0.15, -0.1) is 12.4 Å². The summed E-state index contributed by atoms with van der Waals surface area (Å²) >= 11 is 0. The maximum absolute atomic E-state index is 11.9.